The SMILES string of the molecule is O=S(=O)([O-])C(F)(F)F.[CH2]C.[Zn]. The fourth-order valence-electron chi connectivity index (χ4n) is 0. The summed E-state index contributed by atoms with van der Waals surface area (Å²) < 4.78 is 58.9. The zero-order valence-corrected chi connectivity index (χ0v) is 9.46. The number of halogens is 3. The summed E-state index contributed by atoms with van der Waals surface area (Å²) in [6.07, 6.45) is 0. The molecule has 0 aromatic carbocycles. The summed E-state index contributed by atoms with van der Waals surface area (Å²) in [7, 11) is -6.09. The Morgan fingerprint density at radius 1 is 1.27 bits per heavy atom. The van der Waals surface area contributed by atoms with Gasteiger partial charge in [-0.3, -0.25) is 0 Å². The standard InChI is InChI=1S/C2H5.CHF3O3S.Zn/c1-2;2-1(3,4)8(5,6)7;/h1H2,2H3;(H,5,6,7);/p-1. The molecular weight excluding hydrogens is 238 g/mol. The Balaban J connectivity index is -0.000000196. The molecule has 0 spiro atoms. The van der Waals surface area contributed by atoms with E-state index in [0.717, 1.165) is 0 Å². The van der Waals surface area contributed by atoms with Crippen molar-refractivity contribution in [2.45, 2.75) is 12.4 Å². The first-order chi connectivity index (χ1) is 4.25. The van der Waals surface area contributed by atoms with E-state index in [2.05, 4.69) is 6.92 Å². The van der Waals surface area contributed by atoms with Crippen LogP contribution in [0.2, 0.25) is 0 Å². The molecule has 1 radical (unpaired) electrons. The van der Waals surface area contributed by atoms with Crippen molar-refractivity contribution in [3.8, 4) is 0 Å². The van der Waals surface area contributed by atoms with Gasteiger partial charge in [0.25, 0.3) is 0 Å². The molecule has 0 aromatic rings. The van der Waals surface area contributed by atoms with E-state index < -0.39 is 15.6 Å². The minimum absolute atomic E-state index is 0. The predicted octanol–water partition coefficient (Wildman–Crippen LogP) is 0.889. The third-order valence-electron chi connectivity index (χ3n) is 0.283. The fourth-order valence-corrected chi connectivity index (χ4v) is 0. The molecule has 0 atom stereocenters. The van der Waals surface area contributed by atoms with Crippen LogP contribution in [0.15, 0.2) is 0 Å². The molecule has 0 aliphatic rings. The monoisotopic (exact) mass is 242 g/mol. The molecule has 11 heavy (non-hydrogen) atoms. The molecule has 0 bridgehead atoms. The van der Waals surface area contributed by atoms with E-state index in [-0.39, 0.29) is 19.5 Å². The van der Waals surface area contributed by atoms with Gasteiger partial charge in [0, 0.05) is 19.5 Å². The van der Waals surface area contributed by atoms with Gasteiger partial charge in [-0.15, -0.1) is 0 Å². The number of hydrogen-bond donors (Lipinski definition) is 0. The molecular formula is C3H5F3O3SZn-. The quantitative estimate of drug-likeness (QED) is 0.361. The van der Waals surface area contributed by atoms with Crippen molar-refractivity contribution in [3.63, 3.8) is 0 Å². The first kappa shape index (κ1) is 17.4. The van der Waals surface area contributed by atoms with Crippen molar-refractivity contribution in [2.75, 3.05) is 0 Å². The van der Waals surface area contributed by atoms with Crippen LogP contribution in [-0.2, 0) is 29.6 Å². The second-order valence-electron chi connectivity index (χ2n) is 0.900. The van der Waals surface area contributed by atoms with E-state index in [1.165, 1.54) is 0 Å². The average Bonchev–Trinajstić information content (AvgIpc) is 1.66. The Hall–Kier alpha value is 0.323. The van der Waals surface area contributed by atoms with Crippen LogP contribution < -0.4 is 0 Å². The van der Waals surface area contributed by atoms with Crippen LogP contribution in [0.4, 0.5) is 13.2 Å². The van der Waals surface area contributed by atoms with Gasteiger partial charge in [-0.05, 0) is 0 Å². The first-order valence-electron chi connectivity index (χ1n) is 1.98. The van der Waals surface area contributed by atoms with Gasteiger partial charge in [-0.25, -0.2) is 8.42 Å². The maximum absolute atomic E-state index is 10.7. The van der Waals surface area contributed by atoms with Gasteiger partial charge in [-0.2, -0.15) is 13.2 Å². The fraction of sp³-hybridized carbons (Fsp3) is 0.667. The van der Waals surface area contributed by atoms with Crippen molar-refractivity contribution in [3.05, 3.63) is 6.92 Å². The van der Waals surface area contributed by atoms with Crippen LogP contribution in [0.5, 0.6) is 0 Å². The maximum Gasteiger partial charge on any atom is 0.485 e. The molecule has 0 aliphatic heterocycles. The summed E-state index contributed by atoms with van der Waals surface area (Å²) in [4.78, 5) is 0. The van der Waals surface area contributed by atoms with Gasteiger partial charge in [0.15, 0.2) is 10.1 Å². The van der Waals surface area contributed by atoms with Gasteiger partial charge in [0.05, 0.1) is 0 Å². The molecule has 0 aromatic heterocycles. The molecule has 0 heterocycles. The van der Waals surface area contributed by atoms with Crippen LogP contribution >= 0.6 is 0 Å². The molecule has 0 aliphatic carbocycles. The van der Waals surface area contributed by atoms with Gasteiger partial charge in [0.1, 0.15) is 0 Å². The van der Waals surface area contributed by atoms with Crippen LogP contribution in [0, 0.1) is 6.92 Å². The van der Waals surface area contributed by atoms with E-state index in [0.29, 0.717) is 0 Å². The molecule has 0 rings (SSSR count). The minimum atomic E-state index is -6.09. The third kappa shape index (κ3) is 8.23. The maximum atomic E-state index is 10.7. The molecule has 0 saturated heterocycles. The minimum Gasteiger partial charge on any atom is -0.741 e. The third-order valence-corrected chi connectivity index (χ3v) is 0.850. The van der Waals surface area contributed by atoms with E-state index >= 15 is 0 Å². The van der Waals surface area contributed by atoms with Gasteiger partial charge >= 0.3 is 5.51 Å². The van der Waals surface area contributed by atoms with Crippen molar-refractivity contribution in [1.29, 1.82) is 0 Å². The summed E-state index contributed by atoms with van der Waals surface area (Å²) >= 11 is 0. The smallest absolute Gasteiger partial charge is 0.485 e. The molecule has 3 nitrogen and oxygen atoms in total. The normalized spacial score (nSPS) is 10.7. The molecule has 0 amide bonds. The summed E-state index contributed by atoms with van der Waals surface area (Å²) in [5.41, 5.74) is -5.65. The predicted molar refractivity (Wildman–Crippen MR) is 26.8 cm³/mol. The van der Waals surface area contributed by atoms with Crippen molar-refractivity contribution in [1.82, 2.24) is 0 Å². The molecule has 0 fully saturated rings. The summed E-state index contributed by atoms with van der Waals surface area (Å²) in [5.74, 6) is 0. The second-order valence-corrected chi connectivity index (χ2v) is 2.27. The Morgan fingerprint density at radius 3 is 1.36 bits per heavy atom. The number of rotatable bonds is 0. The number of hydrogen-bond acceptors (Lipinski definition) is 3. The zero-order valence-electron chi connectivity index (χ0n) is 5.68. The Morgan fingerprint density at radius 2 is 1.36 bits per heavy atom. The topological polar surface area (TPSA) is 57.2 Å². The van der Waals surface area contributed by atoms with Gasteiger partial charge < -0.3 is 4.55 Å². The van der Waals surface area contributed by atoms with Crippen molar-refractivity contribution < 1.29 is 45.6 Å². The van der Waals surface area contributed by atoms with Gasteiger partial charge in [0.2, 0.25) is 0 Å². The zero-order chi connectivity index (χ0) is 9.00. The molecule has 0 unspecified atom stereocenters. The van der Waals surface area contributed by atoms with E-state index in [9.17, 15) is 13.2 Å². The summed E-state index contributed by atoms with van der Waals surface area (Å²) in [6, 6.07) is 0. The molecule has 8 heteroatoms. The van der Waals surface area contributed by atoms with Gasteiger partial charge in [-0.1, -0.05) is 13.8 Å². The van der Waals surface area contributed by atoms with E-state index in [4.69, 9.17) is 13.0 Å². The molecule has 0 saturated carbocycles. The van der Waals surface area contributed by atoms with Crippen LogP contribution in [0.25, 0.3) is 0 Å². The van der Waals surface area contributed by atoms with E-state index in [1.54, 1.807) is 6.92 Å². The molecule has 0 N–H and O–H groups in total. The Labute approximate surface area is 75.5 Å². The van der Waals surface area contributed by atoms with Crippen molar-refractivity contribution in [2.24, 2.45) is 0 Å². The Kier molecular flexibility index (Phi) is 9.36. The second kappa shape index (κ2) is 5.91. The van der Waals surface area contributed by atoms with Crippen LogP contribution in [0.3, 0.4) is 0 Å². The van der Waals surface area contributed by atoms with Crippen LogP contribution in [-0.4, -0.2) is 18.5 Å². The Bertz CT molecular complexity index is 173. The average molecular weight is 244 g/mol. The van der Waals surface area contributed by atoms with E-state index in [1.807, 2.05) is 0 Å². The number of alkyl halides is 3. The molecule has 65 valence electrons. The largest absolute Gasteiger partial charge is 0.741 e. The van der Waals surface area contributed by atoms with Crippen LogP contribution in [0.1, 0.15) is 6.92 Å². The summed E-state index contributed by atoms with van der Waals surface area (Å²) in [5, 5.41) is 0. The van der Waals surface area contributed by atoms with Crippen molar-refractivity contribution >= 4 is 10.1 Å². The summed E-state index contributed by atoms with van der Waals surface area (Å²) in [6.45, 7) is 5.00. The first-order valence-corrected chi connectivity index (χ1v) is 3.39.